The summed E-state index contributed by atoms with van der Waals surface area (Å²) in [5.41, 5.74) is 2.38. The number of para-hydroxylation sites is 1. The van der Waals surface area contributed by atoms with Crippen molar-refractivity contribution >= 4 is 28.9 Å². The lowest BCUT2D eigenvalue weighted by Crippen LogP contribution is -2.48. The van der Waals surface area contributed by atoms with Gasteiger partial charge in [0.2, 0.25) is 5.91 Å². The van der Waals surface area contributed by atoms with Crippen molar-refractivity contribution in [2.45, 2.75) is 19.8 Å². The number of methoxy groups -OCH3 is 1. The van der Waals surface area contributed by atoms with Gasteiger partial charge in [-0.25, -0.2) is 0 Å². The molecule has 0 aromatic heterocycles. The third kappa shape index (κ3) is 3.98. The quantitative estimate of drug-likeness (QED) is 0.538. The van der Waals surface area contributed by atoms with Crippen LogP contribution in [-0.2, 0) is 11.2 Å². The Morgan fingerprint density at radius 1 is 1.06 bits per heavy atom. The average Bonchev–Trinajstić information content (AvgIpc) is 2.82. The standard InChI is InChI=1S/C23H26N4O5/c1-16(28)24-11-13-25(14-12-24)19-9-8-18(15-20(19)27(30)31)23(29)26-10-4-6-17-5-3-7-21(32-2)22(17)26/h3,5,7-9,15H,4,6,10-14H2,1-2H3. The van der Waals surface area contributed by atoms with E-state index >= 15 is 0 Å². The van der Waals surface area contributed by atoms with Crippen LogP contribution in [0.2, 0.25) is 0 Å². The number of amides is 2. The van der Waals surface area contributed by atoms with E-state index in [9.17, 15) is 19.7 Å². The van der Waals surface area contributed by atoms with Gasteiger partial charge in [-0.05, 0) is 36.6 Å². The third-order valence-corrected chi connectivity index (χ3v) is 6.13. The molecule has 2 aliphatic rings. The van der Waals surface area contributed by atoms with Gasteiger partial charge in [0, 0.05) is 51.3 Å². The van der Waals surface area contributed by atoms with Crippen LogP contribution < -0.4 is 14.5 Å². The number of fused-ring (bicyclic) bond motifs is 1. The van der Waals surface area contributed by atoms with Gasteiger partial charge in [-0.1, -0.05) is 12.1 Å². The van der Waals surface area contributed by atoms with Crippen LogP contribution in [0.4, 0.5) is 17.1 Å². The molecule has 0 bridgehead atoms. The van der Waals surface area contributed by atoms with E-state index in [-0.39, 0.29) is 23.1 Å². The van der Waals surface area contributed by atoms with Crippen LogP contribution in [0, 0.1) is 10.1 Å². The van der Waals surface area contributed by atoms with E-state index in [1.807, 2.05) is 23.1 Å². The van der Waals surface area contributed by atoms with Crippen LogP contribution in [0.25, 0.3) is 0 Å². The van der Waals surface area contributed by atoms with Crippen molar-refractivity contribution in [3.05, 3.63) is 57.6 Å². The Kier molecular flexibility index (Phi) is 5.98. The minimum atomic E-state index is -0.450. The Hall–Kier alpha value is -3.62. The predicted octanol–water partition coefficient (Wildman–Crippen LogP) is 2.86. The first-order chi connectivity index (χ1) is 15.4. The van der Waals surface area contributed by atoms with E-state index in [0.29, 0.717) is 44.2 Å². The Balaban J connectivity index is 1.64. The summed E-state index contributed by atoms with van der Waals surface area (Å²) in [7, 11) is 1.57. The normalized spacial score (nSPS) is 15.9. The summed E-state index contributed by atoms with van der Waals surface area (Å²) < 4.78 is 5.48. The van der Waals surface area contributed by atoms with Crippen molar-refractivity contribution in [2.24, 2.45) is 0 Å². The van der Waals surface area contributed by atoms with E-state index in [1.165, 1.54) is 13.0 Å². The van der Waals surface area contributed by atoms with E-state index in [0.717, 1.165) is 24.1 Å². The number of piperazine rings is 1. The average molecular weight is 438 g/mol. The number of aryl methyl sites for hydroxylation is 1. The van der Waals surface area contributed by atoms with Gasteiger partial charge < -0.3 is 19.4 Å². The van der Waals surface area contributed by atoms with Gasteiger partial charge >= 0.3 is 0 Å². The molecule has 32 heavy (non-hydrogen) atoms. The molecule has 1 fully saturated rings. The van der Waals surface area contributed by atoms with Gasteiger partial charge in [0.25, 0.3) is 11.6 Å². The molecule has 2 amide bonds. The van der Waals surface area contributed by atoms with Crippen molar-refractivity contribution < 1.29 is 19.2 Å². The first-order valence-corrected chi connectivity index (χ1v) is 10.7. The first kappa shape index (κ1) is 21.6. The molecule has 9 nitrogen and oxygen atoms in total. The monoisotopic (exact) mass is 438 g/mol. The molecule has 0 spiro atoms. The van der Waals surface area contributed by atoms with E-state index in [4.69, 9.17) is 4.74 Å². The SMILES string of the molecule is COc1cccc2c1N(C(=O)c1ccc(N3CCN(C(C)=O)CC3)c([N+](=O)[O-])c1)CCC2. The highest BCUT2D eigenvalue weighted by Gasteiger charge is 2.30. The summed E-state index contributed by atoms with van der Waals surface area (Å²) in [6.45, 7) is 4.07. The zero-order chi connectivity index (χ0) is 22.8. The van der Waals surface area contributed by atoms with Crippen LogP contribution in [0.15, 0.2) is 36.4 Å². The predicted molar refractivity (Wildman–Crippen MR) is 121 cm³/mol. The number of anilines is 2. The van der Waals surface area contributed by atoms with Crippen LogP contribution >= 0.6 is 0 Å². The second-order valence-electron chi connectivity index (χ2n) is 7.98. The van der Waals surface area contributed by atoms with Gasteiger partial charge in [0.05, 0.1) is 17.7 Å². The summed E-state index contributed by atoms with van der Waals surface area (Å²) >= 11 is 0. The Morgan fingerprint density at radius 2 is 1.81 bits per heavy atom. The number of carbonyl (C=O) groups is 2. The maximum atomic E-state index is 13.4. The van der Waals surface area contributed by atoms with Gasteiger partial charge in [-0.3, -0.25) is 19.7 Å². The van der Waals surface area contributed by atoms with Crippen molar-refractivity contribution in [1.29, 1.82) is 0 Å². The summed E-state index contributed by atoms with van der Waals surface area (Å²) in [5.74, 6) is 0.328. The Labute approximate surface area is 186 Å². The van der Waals surface area contributed by atoms with Crippen LogP contribution in [0.3, 0.4) is 0 Å². The molecule has 168 valence electrons. The van der Waals surface area contributed by atoms with E-state index in [1.54, 1.807) is 29.0 Å². The number of nitro groups is 1. The molecular formula is C23H26N4O5. The molecule has 2 aromatic rings. The van der Waals surface area contributed by atoms with Crippen LogP contribution in [-0.4, -0.2) is 61.5 Å². The molecule has 1 saturated heterocycles. The number of hydrogen-bond donors (Lipinski definition) is 0. The van der Waals surface area contributed by atoms with Crippen molar-refractivity contribution in [2.75, 3.05) is 49.6 Å². The molecule has 0 aliphatic carbocycles. The highest BCUT2D eigenvalue weighted by atomic mass is 16.6. The molecule has 2 aliphatic heterocycles. The maximum Gasteiger partial charge on any atom is 0.293 e. The Bertz CT molecular complexity index is 1050. The number of hydrogen-bond acceptors (Lipinski definition) is 6. The number of nitro benzene ring substituents is 1. The van der Waals surface area contributed by atoms with Crippen LogP contribution in [0.1, 0.15) is 29.3 Å². The lowest BCUT2D eigenvalue weighted by atomic mass is 9.99. The van der Waals surface area contributed by atoms with Gasteiger partial charge in [-0.2, -0.15) is 0 Å². The fourth-order valence-electron chi connectivity index (χ4n) is 4.47. The second kappa shape index (κ2) is 8.86. The van der Waals surface area contributed by atoms with Crippen molar-refractivity contribution in [3.63, 3.8) is 0 Å². The smallest absolute Gasteiger partial charge is 0.293 e. The molecule has 0 radical (unpaired) electrons. The minimum absolute atomic E-state index is 0.00247. The fraction of sp³-hybridized carbons (Fsp3) is 0.391. The molecule has 2 aromatic carbocycles. The molecular weight excluding hydrogens is 412 g/mol. The zero-order valence-corrected chi connectivity index (χ0v) is 18.2. The molecule has 0 atom stereocenters. The summed E-state index contributed by atoms with van der Waals surface area (Å²) in [5, 5.41) is 11.9. The molecule has 2 heterocycles. The third-order valence-electron chi connectivity index (χ3n) is 6.13. The fourth-order valence-corrected chi connectivity index (χ4v) is 4.47. The second-order valence-corrected chi connectivity index (χ2v) is 7.98. The van der Waals surface area contributed by atoms with E-state index < -0.39 is 4.92 Å². The summed E-state index contributed by atoms with van der Waals surface area (Å²) in [6.07, 6.45) is 1.66. The van der Waals surface area contributed by atoms with Gasteiger partial charge in [0.15, 0.2) is 0 Å². The number of rotatable bonds is 4. The topological polar surface area (TPSA) is 96.2 Å². The zero-order valence-electron chi connectivity index (χ0n) is 18.2. The first-order valence-electron chi connectivity index (χ1n) is 10.7. The van der Waals surface area contributed by atoms with E-state index in [2.05, 4.69) is 0 Å². The highest BCUT2D eigenvalue weighted by molar-refractivity contribution is 6.08. The molecule has 4 rings (SSSR count). The van der Waals surface area contributed by atoms with Crippen molar-refractivity contribution in [3.8, 4) is 5.75 Å². The highest BCUT2D eigenvalue weighted by Crippen LogP contribution is 2.38. The molecule has 9 heteroatoms. The lowest BCUT2D eigenvalue weighted by molar-refractivity contribution is -0.384. The molecule has 0 unspecified atom stereocenters. The van der Waals surface area contributed by atoms with Crippen LogP contribution in [0.5, 0.6) is 5.75 Å². The largest absolute Gasteiger partial charge is 0.495 e. The Morgan fingerprint density at radius 3 is 2.47 bits per heavy atom. The lowest BCUT2D eigenvalue weighted by Gasteiger charge is -2.35. The molecule has 0 saturated carbocycles. The minimum Gasteiger partial charge on any atom is -0.495 e. The number of carbonyl (C=O) groups excluding carboxylic acids is 2. The maximum absolute atomic E-state index is 13.4. The number of ether oxygens (including phenoxy) is 1. The van der Waals surface area contributed by atoms with Crippen molar-refractivity contribution in [1.82, 2.24) is 4.90 Å². The van der Waals surface area contributed by atoms with Gasteiger partial charge in [0.1, 0.15) is 11.4 Å². The summed E-state index contributed by atoms with van der Waals surface area (Å²) in [4.78, 5) is 41.6. The van der Waals surface area contributed by atoms with Gasteiger partial charge in [-0.15, -0.1) is 0 Å². The summed E-state index contributed by atoms with van der Waals surface area (Å²) in [6, 6.07) is 10.3. The molecule has 0 N–H and O–H groups in total. The number of benzene rings is 2. The number of nitrogens with zero attached hydrogens (tertiary/aromatic N) is 4.